The monoisotopic (exact) mass is 845 g/mol. The molecule has 0 radical (unpaired) electrons. The first-order chi connectivity index (χ1) is 32.5. The van der Waals surface area contributed by atoms with Crippen molar-refractivity contribution in [3.8, 4) is 56.7 Å². The zero-order valence-corrected chi connectivity index (χ0v) is 36.2. The molecule has 0 saturated carbocycles. The average Bonchev–Trinajstić information content (AvgIpc) is 4.09. The molecule has 0 unspecified atom stereocenters. The molecule has 4 aromatic heterocycles. The van der Waals surface area contributed by atoms with Gasteiger partial charge in [0, 0.05) is 48.9 Å². The maximum absolute atomic E-state index is 6.92. The van der Waals surface area contributed by atoms with Crippen LogP contribution in [0.3, 0.4) is 0 Å². The summed E-state index contributed by atoms with van der Waals surface area (Å²) in [6, 6.07) is 71.1. The van der Waals surface area contributed by atoms with Gasteiger partial charge in [0.25, 0.3) is 0 Å². The molecular formula is C60H39N5O. The summed E-state index contributed by atoms with van der Waals surface area (Å²) >= 11 is 0. The van der Waals surface area contributed by atoms with Gasteiger partial charge in [0.1, 0.15) is 5.58 Å². The topological polar surface area (TPSA) is 61.7 Å². The molecular weight excluding hydrogens is 807 g/mol. The van der Waals surface area contributed by atoms with E-state index >= 15 is 0 Å². The molecule has 9 aromatic carbocycles. The second kappa shape index (κ2) is 13.7. The van der Waals surface area contributed by atoms with Crippen LogP contribution < -0.4 is 0 Å². The van der Waals surface area contributed by atoms with Gasteiger partial charge >= 0.3 is 0 Å². The molecule has 0 aliphatic heterocycles. The highest BCUT2D eigenvalue weighted by Crippen LogP contribution is 2.50. The molecule has 0 bridgehead atoms. The Kier molecular flexibility index (Phi) is 7.64. The average molecular weight is 846 g/mol. The van der Waals surface area contributed by atoms with Crippen molar-refractivity contribution in [1.82, 2.24) is 24.1 Å². The van der Waals surface area contributed by atoms with Crippen molar-refractivity contribution in [1.29, 1.82) is 0 Å². The Morgan fingerprint density at radius 1 is 0.394 bits per heavy atom. The summed E-state index contributed by atoms with van der Waals surface area (Å²) in [6.07, 6.45) is 0. The van der Waals surface area contributed by atoms with Crippen molar-refractivity contribution < 1.29 is 4.42 Å². The lowest BCUT2D eigenvalue weighted by atomic mass is 9.82. The van der Waals surface area contributed by atoms with Crippen LogP contribution in [-0.4, -0.2) is 24.1 Å². The maximum Gasteiger partial charge on any atom is 0.238 e. The summed E-state index contributed by atoms with van der Waals surface area (Å²) in [5.74, 6) is 1.77. The van der Waals surface area contributed by atoms with E-state index in [9.17, 15) is 0 Å². The normalized spacial score (nSPS) is 13.1. The standard InChI is InChI=1S/C60H39N5O/c1-60(2)48-25-13-9-21-40(48)41-30-29-38(34-49(41)60)58-61-57(37-19-7-4-8-20-37)62-59(63-58)65-51-27-15-11-23-43(51)46-32-31-45-42-22-10-14-26-50(42)64(54(45)55(46)65)52-35-39(36-17-5-3-6-18-36)33-47-44-24-12-16-28-53(44)66-56(47)52/h3-35H,1-2H3. The van der Waals surface area contributed by atoms with Crippen molar-refractivity contribution in [3.63, 3.8) is 0 Å². The lowest BCUT2D eigenvalue weighted by Gasteiger charge is -2.21. The van der Waals surface area contributed by atoms with Crippen LogP contribution in [-0.2, 0) is 5.41 Å². The van der Waals surface area contributed by atoms with Crippen molar-refractivity contribution in [2.75, 3.05) is 0 Å². The first-order valence-electron chi connectivity index (χ1n) is 22.5. The van der Waals surface area contributed by atoms with Crippen molar-refractivity contribution in [2.24, 2.45) is 0 Å². The molecule has 4 heterocycles. The van der Waals surface area contributed by atoms with Crippen molar-refractivity contribution in [2.45, 2.75) is 19.3 Å². The summed E-state index contributed by atoms with van der Waals surface area (Å²) in [6.45, 7) is 4.62. The number of aromatic nitrogens is 5. The smallest absolute Gasteiger partial charge is 0.238 e. The first kappa shape index (κ1) is 36.8. The zero-order valence-electron chi connectivity index (χ0n) is 36.2. The summed E-state index contributed by atoms with van der Waals surface area (Å²) in [5, 5.41) is 6.62. The molecule has 0 amide bonds. The van der Waals surface area contributed by atoms with Gasteiger partial charge in [-0.15, -0.1) is 0 Å². The molecule has 0 atom stereocenters. The van der Waals surface area contributed by atoms with Gasteiger partial charge in [-0.2, -0.15) is 9.97 Å². The molecule has 66 heavy (non-hydrogen) atoms. The highest BCUT2D eigenvalue weighted by molar-refractivity contribution is 6.24. The molecule has 1 aliphatic rings. The third-order valence-corrected chi connectivity index (χ3v) is 14.0. The fourth-order valence-corrected chi connectivity index (χ4v) is 10.9. The predicted molar refractivity (Wildman–Crippen MR) is 270 cm³/mol. The van der Waals surface area contributed by atoms with E-state index in [0.29, 0.717) is 17.6 Å². The number of rotatable bonds is 5. The first-order valence-corrected chi connectivity index (χ1v) is 22.5. The van der Waals surface area contributed by atoms with Crippen molar-refractivity contribution in [3.05, 3.63) is 211 Å². The number of hydrogen-bond acceptors (Lipinski definition) is 4. The summed E-state index contributed by atoms with van der Waals surface area (Å²) in [7, 11) is 0. The molecule has 14 rings (SSSR count). The van der Waals surface area contributed by atoms with Crippen molar-refractivity contribution >= 4 is 65.6 Å². The van der Waals surface area contributed by atoms with E-state index in [0.717, 1.165) is 93.5 Å². The Hall–Kier alpha value is -8.61. The van der Waals surface area contributed by atoms with E-state index in [-0.39, 0.29) is 5.41 Å². The quantitative estimate of drug-likeness (QED) is 0.173. The minimum absolute atomic E-state index is 0.186. The van der Waals surface area contributed by atoms with Gasteiger partial charge in [0.05, 0.1) is 27.8 Å². The lowest BCUT2D eigenvalue weighted by molar-refractivity contribution is 0.660. The number of furan rings is 1. The van der Waals surface area contributed by atoms with Crippen LogP contribution in [0.25, 0.3) is 122 Å². The molecule has 0 spiro atoms. The van der Waals surface area contributed by atoms with E-state index in [2.05, 4.69) is 199 Å². The highest BCUT2D eigenvalue weighted by Gasteiger charge is 2.35. The number of para-hydroxylation sites is 3. The van der Waals surface area contributed by atoms with Crippen LogP contribution in [0.2, 0.25) is 0 Å². The Balaban J connectivity index is 1.11. The third-order valence-electron chi connectivity index (χ3n) is 14.0. The van der Waals surface area contributed by atoms with E-state index in [1.54, 1.807) is 0 Å². The van der Waals surface area contributed by atoms with Crippen LogP contribution in [0.1, 0.15) is 25.0 Å². The van der Waals surface area contributed by atoms with Crippen LogP contribution in [0.4, 0.5) is 0 Å². The molecule has 6 nitrogen and oxygen atoms in total. The summed E-state index contributed by atoms with van der Waals surface area (Å²) in [5.41, 5.74) is 15.8. The largest absolute Gasteiger partial charge is 0.454 e. The van der Waals surface area contributed by atoms with E-state index in [4.69, 9.17) is 19.4 Å². The molecule has 6 heteroatoms. The van der Waals surface area contributed by atoms with Gasteiger partial charge in [-0.05, 0) is 69.8 Å². The van der Waals surface area contributed by atoms with E-state index < -0.39 is 0 Å². The van der Waals surface area contributed by atoms with Crippen LogP contribution in [0.15, 0.2) is 205 Å². The van der Waals surface area contributed by atoms with E-state index in [1.165, 1.54) is 22.3 Å². The predicted octanol–water partition coefficient (Wildman–Crippen LogP) is 15.3. The van der Waals surface area contributed by atoms with Crippen LogP contribution in [0.5, 0.6) is 0 Å². The molecule has 0 saturated heterocycles. The number of benzene rings is 9. The van der Waals surface area contributed by atoms with Crippen LogP contribution >= 0.6 is 0 Å². The minimum Gasteiger partial charge on any atom is -0.454 e. The molecule has 0 fully saturated rings. The number of hydrogen-bond donors (Lipinski definition) is 0. The second-order valence-electron chi connectivity index (χ2n) is 18.0. The fourth-order valence-electron chi connectivity index (χ4n) is 10.9. The molecule has 1 aliphatic carbocycles. The Morgan fingerprint density at radius 3 is 1.71 bits per heavy atom. The fraction of sp³-hybridized carbons (Fsp3) is 0.0500. The van der Waals surface area contributed by atoms with Gasteiger partial charge in [-0.1, -0.05) is 178 Å². The molecule has 310 valence electrons. The Bertz CT molecular complexity index is 4140. The van der Waals surface area contributed by atoms with Gasteiger partial charge < -0.3 is 8.98 Å². The van der Waals surface area contributed by atoms with Gasteiger partial charge in [0.2, 0.25) is 5.95 Å². The molecule has 13 aromatic rings. The number of nitrogens with zero attached hydrogens (tertiary/aromatic N) is 5. The maximum atomic E-state index is 6.92. The lowest BCUT2D eigenvalue weighted by Crippen LogP contribution is -2.15. The van der Waals surface area contributed by atoms with Gasteiger partial charge in [-0.25, -0.2) is 4.98 Å². The molecule has 0 N–H and O–H groups in total. The summed E-state index contributed by atoms with van der Waals surface area (Å²) < 4.78 is 11.6. The number of fused-ring (bicyclic) bond motifs is 13. The Morgan fingerprint density at radius 2 is 0.970 bits per heavy atom. The minimum atomic E-state index is -0.186. The second-order valence-corrected chi connectivity index (χ2v) is 18.0. The SMILES string of the molecule is CC1(C)c2ccccc2-c2ccc(-c3nc(-c4ccccc4)nc(-n4c5ccccc5c5ccc6c7ccccc7n(-c7cc(-c8ccccc8)cc8c7oc7ccccc78)c6c54)n3)cc21. The Labute approximate surface area is 379 Å². The van der Waals surface area contributed by atoms with Gasteiger partial charge in [0.15, 0.2) is 17.2 Å². The van der Waals surface area contributed by atoms with E-state index in [1.807, 2.05) is 24.3 Å². The third kappa shape index (κ3) is 5.21. The van der Waals surface area contributed by atoms with Crippen LogP contribution in [0, 0.1) is 0 Å². The summed E-state index contributed by atoms with van der Waals surface area (Å²) in [4.78, 5) is 16.2. The highest BCUT2D eigenvalue weighted by atomic mass is 16.3. The zero-order chi connectivity index (χ0) is 43.7. The van der Waals surface area contributed by atoms with Gasteiger partial charge in [-0.3, -0.25) is 4.57 Å².